The van der Waals surface area contributed by atoms with Crippen molar-refractivity contribution in [1.82, 2.24) is 10.2 Å². The summed E-state index contributed by atoms with van der Waals surface area (Å²) < 4.78 is 28.9. The molecule has 2 amide bonds. The van der Waals surface area contributed by atoms with Crippen LogP contribution in [0.1, 0.15) is 44.2 Å². The van der Waals surface area contributed by atoms with Crippen molar-refractivity contribution in [3.05, 3.63) is 96.1 Å². The highest BCUT2D eigenvalue weighted by atomic mass is 32.2. The number of carbonyl (C=O) groups excluding carboxylic acids is 2. The number of amides is 2. The first-order valence-corrected chi connectivity index (χ1v) is 15.0. The van der Waals surface area contributed by atoms with Gasteiger partial charge in [-0.15, -0.1) is 0 Å². The number of sulfonamides is 1. The van der Waals surface area contributed by atoms with Gasteiger partial charge in [-0.3, -0.25) is 13.9 Å². The maximum Gasteiger partial charge on any atom is 0.264 e. The van der Waals surface area contributed by atoms with Gasteiger partial charge in [0.15, 0.2) is 0 Å². The molecule has 0 saturated heterocycles. The van der Waals surface area contributed by atoms with Crippen molar-refractivity contribution >= 4 is 27.5 Å². The number of aryl methyl sites for hydroxylation is 1. The molecule has 0 radical (unpaired) electrons. The summed E-state index contributed by atoms with van der Waals surface area (Å²) in [5.41, 5.74) is 2.19. The summed E-state index contributed by atoms with van der Waals surface area (Å²) in [5, 5.41) is 2.95. The van der Waals surface area contributed by atoms with E-state index in [2.05, 4.69) is 5.32 Å². The molecule has 0 aromatic heterocycles. The summed E-state index contributed by atoms with van der Waals surface area (Å²) in [6, 6.07) is 24.2. The highest BCUT2D eigenvalue weighted by molar-refractivity contribution is 7.92. The molecule has 7 nitrogen and oxygen atoms in total. The molecule has 0 aliphatic rings. The third-order valence-corrected chi connectivity index (χ3v) is 8.47. The Hall–Kier alpha value is -3.65. The monoisotopic (exact) mass is 549 g/mol. The standard InChI is InChI=1S/C31H39N3O4S/c1-4-6-22-32-31(36)28(5-2)33(23-21-26-16-9-7-10-17-26)30(35)24-34(29-20-14-13-15-25(29)3)39(37,38)27-18-11-8-12-19-27/h7-20,28H,4-6,21-24H2,1-3H3,(H,32,36). The van der Waals surface area contributed by atoms with Crippen molar-refractivity contribution in [3.8, 4) is 0 Å². The lowest BCUT2D eigenvalue weighted by Gasteiger charge is -2.33. The van der Waals surface area contributed by atoms with Crippen LogP contribution < -0.4 is 9.62 Å². The molecule has 3 aromatic carbocycles. The molecule has 0 saturated carbocycles. The van der Waals surface area contributed by atoms with Crippen LogP contribution >= 0.6 is 0 Å². The molecule has 39 heavy (non-hydrogen) atoms. The second-order valence-corrected chi connectivity index (χ2v) is 11.4. The van der Waals surface area contributed by atoms with Crippen LogP contribution in [0, 0.1) is 6.92 Å². The summed E-state index contributed by atoms with van der Waals surface area (Å²) in [7, 11) is -4.06. The maximum absolute atomic E-state index is 14.0. The Bertz CT molecular complexity index is 1310. The molecule has 1 unspecified atom stereocenters. The van der Waals surface area contributed by atoms with Crippen LogP contribution in [-0.2, 0) is 26.0 Å². The maximum atomic E-state index is 14.0. The van der Waals surface area contributed by atoms with Crippen LogP contribution in [0.15, 0.2) is 89.8 Å². The van der Waals surface area contributed by atoms with Crippen molar-refractivity contribution in [2.75, 3.05) is 23.9 Å². The zero-order chi connectivity index (χ0) is 28.3. The number of nitrogens with zero attached hydrogens (tertiary/aromatic N) is 2. The molecular weight excluding hydrogens is 510 g/mol. The van der Waals surface area contributed by atoms with Crippen LogP contribution in [-0.4, -0.2) is 50.8 Å². The molecule has 0 aliphatic carbocycles. The fourth-order valence-electron chi connectivity index (χ4n) is 4.48. The molecule has 1 atom stereocenters. The second kappa shape index (κ2) is 14.5. The van der Waals surface area contributed by atoms with E-state index in [1.807, 2.05) is 63.2 Å². The minimum atomic E-state index is -4.06. The van der Waals surface area contributed by atoms with Gasteiger partial charge in [-0.2, -0.15) is 0 Å². The number of unbranched alkanes of at least 4 members (excludes halogenated alkanes) is 1. The summed E-state index contributed by atoms with van der Waals surface area (Å²) in [6.07, 6.45) is 2.74. The first-order chi connectivity index (χ1) is 18.8. The van der Waals surface area contributed by atoms with Gasteiger partial charge >= 0.3 is 0 Å². The van der Waals surface area contributed by atoms with E-state index in [1.165, 1.54) is 12.1 Å². The molecule has 0 bridgehead atoms. The predicted octanol–water partition coefficient (Wildman–Crippen LogP) is 4.96. The second-order valence-electron chi connectivity index (χ2n) is 9.50. The minimum absolute atomic E-state index is 0.0984. The van der Waals surface area contributed by atoms with E-state index in [4.69, 9.17) is 0 Å². The summed E-state index contributed by atoms with van der Waals surface area (Å²) >= 11 is 0. The van der Waals surface area contributed by atoms with Gasteiger partial charge in [0.2, 0.25) is 11.8 Å². The van der Waals surface area contributed by atoms with Crippen LogP contribution in [0.5, 0.6) is 0 Å². The quantitative estimate of drug-likeness (QED) is 0.288. The fourth-order valence-corrected chi connectivity index (χ4v) is 5.98. The van der Waals surface area contributed by atoms with Crippen molar-refractivity contribution in [2.24, 2.45) is 0 Å². The molecule has 0 aliphatic heterocycles. The largest absolute Gasteiger partial charge is 0.354 e. The summed E-state index contributed by atoms with van der Waals surface area (Å²) in [4.78, 5) is 28.8. The summed E-state index contributed by atoms with van der Waals surface area (Å²) in [6.45, 7) is 6.13. The van der Waals surface area contributed by atoms with E-state index in [0.717, 1.165) is 28.3 Å². The molecule has 0 fully saturated rings. The van der Waals surface area contributed by atoms with E-state index in [1.54, 1.807) is 35.2 Å². The Labute approximate surface area is 232 Å². The van der Waals surface area contributed by atoms with Gasteiger partial charge < -0.3 is 10.2 Å². The van der Waals surface area contributed by atoms with E-state index >= 15 is 0 Å². The highest BCUT2D eigenvalue weighted by Gasteiger charge is 2.33. The van der Waals surface area contributed by atoms with Crippen molar-refractivity contribution in [1.29, 1.82) is 0 Å². The SMILES string of the molecule is CCCCNC(=O)C(CC)N(CCc1ccccc1)C(=O)CN(c1ccccc1C)S(=O)(=O)c1ccccc1. The zero-order valence-corrected chi connectivity index (χ0v) is 23.9. The lowest BCUT2D eigenvalue weighted by atomic mass is 10.1. The summed E-state index contributed by atoms with van der Waals surface area (Å²) in [5.74, 6) is -0.646. The fraction of sp³-hybridized carbons (Fsp3) is 0.355. The Kier molecular flexibility index (Phi) is 11.1. The van der Waals surface area contributed by atoms with Gasteiger partial charge in [0.25, 0.3) is 10.0 Å². The highest BCUT2D eigenvalue weighted by Crippen LogP contribution is 2.27. The third kappa shape index (κ3) is 7.93. The Morgan fingerprint density at radius 1 is 0.872 bits per heavy atom. The molecule has 8 heteroatoms. The topological polar surface area (TPSA) is 86.8 Å². The number of nitrogens with one attached hydrogen (secondary N) is 1. The molecular formula is C31H39N3O4S. The average Bonchev–Trinajstić information content (AvgIpc) is 2.95. The molecule has 0 heterocycles. The van der Waals surface area contributed by atoms with Gasteiger partial charge in [-0.05, 0) is 55.5 Å². The minimum Gasteiger partial charge on any atom is -0.354 e. The van der Waals surface area contributed by atoms with Crippen LogP contribution in [0.2, 0.25) is 0 Å². The van der Waals surface area contributed by atoms with E-state index in [-0.39, 0.29) is 17.3 Å². The molecule has 1 N–H and O–H groups in total. The van der Waals surface area contributed by atoms with Gasteiger partial charge in [0, 0.05) is 13.1 Å². The number of hydrogen-bond donors (Lipinski definition) is 1. The number of benzene rings is 3. The first-order valence-electron chi connectivity index (χ1n) is 13.5. The normalized spacial score (nSPS) is 12.0. The van der Waals surface area contributed by atoms with E-state index < -0.39 is 28.5 Å². The average molecular weight is 550 g/mol. The third-order valence-electron chi connectivity index (χ3n) is 6.69. The lowest BCUT2D eigenvalue weighted by molar-refractivity contribution is -0.139. The van der Waals surface area contributed by atoms with Gasteiger partial charge in [0.1, 0.15) is 12.6 Å². The molecule has 0 spiro atoms. The Morgan fingerprint density at radius 3 is 2.10 bits per heavy atom. The number of rotatable bonds is 14. The van der Waals surface area contributed by atoms with Gasteiger partial charge in [-0.25, -0.2) is 8.42 Å². The van der Waals surface area contributed by atoms with Crippen molar-refractivity contribution in [2.45, 2.75) is 57.4 Å². The number of hydrogen-bond acceptors (Lipinski definition) is 4. The van der Waals surface area contributed by atoms with Crippen LogP contribution in [0.25, 0.3) is 0 Å². The van der Waals surface area contributed by atoms with Gasteiger partial charge in [0.05, 0.1) is 10.6 Å². The number of anilines is 1. The molecule has 3 rings (SSSR count). The number of para-hydroxylation sites is 1. The zero-order valence-electron chi connectivity index (χ0n) is 23.0. The Balaban J connectivity index is 1.98. The molecule has 208 valence electrons. The first kappa shape index (κ1) is 29.9. The lowest BCUT2D eigenvalue weighted by Crippen LogP contribution is -2.53. The van der Waals surface area contributed by atoms with Crippen LogP contribution in [0.3, 0.4) is 0 Å². The predicted molar refractivity (Wildman–Crippen MR) is 156 cm³/mol. The van der Waals surface area contributed by atoms with Crippen molar-refractivity contribution < 1.29 is 18.0 Å². The Morgan fingerprint density at radius 2 is 1.49 bits per heavy atom. The van der Waals surface area contributed by atoms with E-state index in [9.17, 15) is 18.0 Å². The van der Waals surface area contributed by atoms with Crippen LogP contribution in [0.4, 0.5) is 5.69 Å². The van der Waals surface area contributed by atoms with E-state index in [0.29, 0.717) is 25.1 Å². The van der Waals surface area contributed by atoms with Gasteiger partial charge in [-0.1, -0.05) is 87.0 Å². The number of carbonyl (C=O) groups is 2. The smallest absolute Gasteiger partial charge is 0.264 e. The van der Waals surface area contributed by atoms with Crippen molar-refractivity contribution in [3.63, 3.8) is 0 Å². The molecule has 3 aromatic rings.